The maximum absolute atomic E-state index is 12.2. The number of halogens is 2. The molecular weight excluding hydrogens is 283 g/mol. The number of rotatable bonds is 3. The zero-order valence-electron chi connectivity index (χ0n) is 11.0. The van der Waals surface area contributed by atoms with Crippen molar-refractivity contribution in [1.82, 2.24) is 10.3 Å². The van der Waals surface area contributed by atoms with Gasteiger partial charge in [0.25, 0.3) is 5.91 Å². The smallest absolute Gasteiger partial charge is 0.253 e. The number of nitrogens with one attached hydrogen (secondary N) is 1. The minimum atomic E-state index is -0.114. The highest BCUT2D eigenvalue weighted by Gasteiger charge is 2.25. The Kier molecular flexibility index (Phi) is 5.06. The molecule has 0 spiro atoms. The topological polar surface area (TPSA) is 42.0 Å². The molecule has 2 rings (SSSR count). The van der Waals surface area contributed by atoms with Crippen LogP contribution in [0.4, 0.5) is 0 Å². The Hall–Kier alpha value is -0.800. The molecule has 0 bridgehead atoms. The van der Waals surface area contributed by atoms with E-state index in [1.54, 1.807) is 6.07 Å². The molecule has 0 aliphatic heterocycles. The highest BCUT2D eigenvalue weighted by molar-refractivity contribution is 6.41. The number of hydrogen-bond donors (Lipinski definition) is 1. The number of nitrogens with zero attached hydrogens (tertiary/aromatic N) is 1. The van der Waals surface area contributed by atoms with E-state index in [2.05, 4.69) is 17.2 Å². The maximum atomic E-state index is 12.2. The molecule has 19 heavy (non-hydrogen) atoms. The van der Waals surface area contributed by atoms with Gasteiger partial charge in [-0.15, -0.1) is 0 Å². The maximum Gasteiger partial charge on any atom is 0.253 e. The van der Waals surface area contributed by atoms with Crippen molar-refractivity contribution in [2.24, 2.45) is 5.92 Å². The Bertz CT molecular complexity index is 465. The molecule has 1 saturated carbocycles. The average Bonchev–Trinajstić information content (AvgIpc) is 2.42. The third kappa shape index (κ3) is 3.61. The van der Waals surface area contributed by atoms with Crippen LogP contribution < -0.4 is 5.32 Å². The first-order valence-corrected chi connectivity index (χ1v) is 7.49. The first-order chi connectivity index (χ1) is 9.11. The summed E-state index contributed by atoms with van der Waals surface area (Å²) < 4.78 is 0. The summed E-state index contributed by atoms with van der Waals surface area (Å²) in [7, 11) is 0. The van der Waals surface area contributed by atoms with Gasteiger partial charge in [-0.05, 0) is 24.8 Å². The molecule has 1 fully saturated rings. The number of carbonyl (C=O) groups is 1. The molecule has 0 saturated heterocycles. The minimum Gasteiger partial charge on any atom is -0.349 e. The van der Waals surface area contributed by atoms with Crippen molar-refractivity contribution in [1.29, 1.82) is 0 Å². The molecule has 1 aliphatic rings. The number of pyridine rings is 1. The second-order valence-electron chi connectivity index (χ2n) is 5.03. The van der Waals surface area contributed by atoms with Gasteiger partial charge in [0.15, 0.2) is 0 Å². The summed E-state index contributed by atoms with van der Waals surface area (Å²) >= 11 is 11.6. The largest absolute Gasteiger partial charge is 0.349 e. The predicted molar refractivity (Wildman–Crippen MR) is 77.8 cm³/mol. The van der Waals surface area contributed by atoms with E-state index >= 15 is 0 Å². The first kappa shape index (κ1) is 14.6. The number of carbonyl (C=O) groups excluding carboxylic acids is 1. The molecule has 1 amide bonds. The van der Waals surface area contributed by atoms with Crippen LogP contribution >= 0.6 is 23.2 Å². The highest BCUT2D eigenvalue weighted by atomic mass is 35.5. The van der Waals surface area contributed by atoms with Gasteiger partial charge in [-0.3, -0.25) is 4.79 Å². The minimum absolute atomic E-state index is 0.114. The van der Waals surface area contributed by atoms with Crippen molar-refractivity contribution in [3.05, 3.63) is 28.0 Å². The van der Waals surface area contributed by atoms with Gasteiger partial charge in [0.2, 0.25) is 0 Å². The zero-order valence-corrected chi connectivity index (χ0v) is 12.5. The molecule has 2 atom stereocenters. The molecule has 0 radical (unpaired) electrons. The highest BCUT2D eigenvalue weighted by Crippen LogP contribution is 2.27. The summed E-state index contributed by atoms with van der Waals surface area (Å²) in [6.07, 6.45) is 7.26. The SMILES string of the molecule is CCC1CCCCC1NC(=O)c1cnc(Cl)c(Cl)c1. The van der Waals surface area contributed by atoms with Crippen molar-refractivity contribution in [3.8, 4) is 0 Å². The molecule has 1 aliphatic carbocycles. The van der Waals surface area contributed by atoms with Crippen LogP contribution in [-0.4, -0.2) is 16.9 Å². The van der Waals surface area contributed by atoms with Gasteiger partial charge in [0.1, 0.15) is 5.15 Å². The summed E-state index contributed by atoms with van der Waals surface area (Å²) in [6.45, 7) is 2.18. The fourth-order valence-corrected chi connectivity index (χ4v) is 2.95. The lowest BCUT2D eigenvalue weighted by Crippen LogP contribution is -2.41. The Morgan fingerprint density at radius 3 is 2.84 bits per heavy atom. The lowest BCUT2D eigenvalue weighted by atomic mass is 9.83. The quantitative estimate of drug-likeness (QED) is 0.854. The van der Waals surface area contributed by atoms with Gasteiger partial charge in [0.05, 0.1) is 10.6 Å². The molecule has 2 unspecified atom stereocenters. The van der Waals surface area contributed by atoms with Gasteiger partial charge < -0.3 is 5.32 Å². The number of aromatic nitrogens is 1. The number of hydrogen-bond acceptors (Lipinski definition) is 2. The Labute approximate surface area is 123 Å². The molecule has 104 valence electrons. The molecule has 0 aromatic carbocycles. The van der Waals surface area contributed by atoms with E-state index in [-0.39, 0.29) is 17.1 Å². The summed E-state index contributed by atoms with van der Waals surface area (Å²) in [5, 5.41) is 3.64. The van der Waals surface area contributed by atoms with E-state index in [1.807, 2.05) is 0 Å². The van der Waals surface area contributed by atoms with Gasteiger partial charge in [-0.1, -0.05) is 49.4 Å². The van der Waals surface area contributed by atoms with Crippen LogP contribution in [0.25, 0.3) is 0 Å². The predicted octanol–water partition coefficient (Wildman–Crippen LogP) is 4.09. The Morgan fingerprint density at radius 2 is 2.16 bits per heavy atom. The molecular formula is C14H18Cl2N2O. The van der Waals surface area contributed by atoms with Crippen molar-refractivity contribution < 1.29 is 4.79 Å². The van der Waals surface area contributed by atoms with E-state index < -0.39 is 0 Å². The first-order valence-electron chi connectivity index (χ1n) is 6.73. The van der Waals surface area contributed by atoms with E-state index in [0.717, 1.165) is 12.8 Å². The molecule has 1 N–H and O–H groups in total. The Balaban J connectivity index is 2.05. The molecule has 3 nitrogen and oxygen atoms in total. The second kappa shape index (κ2) is 6.58. The number of amides is 1. The zero-order chi connectivity index (χ0) is 13.8. The third-order valence-corrected chi connectivity index (χ3v) is 4.49. The summed E-state index contributed by atoms with van der Waals surface area (Å²) in [5.41, 5.74) is 0.467. The summed E-state index contributed by atoms with van der Waals surface area (Å²) in [5.74, 6) is 0.463. The standard InChI is InChI=1S/C14H18Cl2N2O/c1-2-9-5-3-4-6-12(9)18-14(19)10-7-11(15)13(16)17-8-10/h7-9,12H,2-6H2,1H3,(H,18,19). The lowest BCUT2D eigenvalue weighted by molar-refractivity contribution is 0.0904. The van der Waals surface area contributed by atoms with Crippen LogP contribution in [0, 0.1) is 5.92 Å². The monoisotopic (exact) mass is 300 g/mol. The fourth-order valence-electron chi connectivity index (χ4n) is 2.68. The van der Waals surface area contributed by atoms with Crippen LogP contribution in [0.5, 0.6) is 0 Å². The molecule has 5 heteroatoms. The second-order valence-corrected chi connectivity index (χ2v) is 5.79. The van der Waals surface area contributed by atoms with E-state index in [0.29, 0.717) is 16.5 Å². The van der Waals surface area contributed by atoms with Crippen LogP contribution in [0.1, 0.15) is 49.4 Å². The van der Waals surface area contributed by atoms with Gasteiger partial charge >= 0.3 is 0 Å². The van der Waals surface area contributed by atoms with Gasteiger partial charge in [0, 0.05) is 12.2 Å². The normalized spacial score (nSPS) is 23.1. The van der Waals surface area contributed by atoms with E-state index in [1.165, 1.54) is 25.5 Å². The van der Waals surface area contributed by atoms with Gasteiger partial charge in [-0.25, -0.2) is 4.98 Å². The Morgan fingerprint density at radius 1 is 1.42 bits per heavy atom. The van der Waals surface area contributed by atoms with Gasteiger partial charge in [-0.2, -0.15) is 0 Å². The van der Waals surface area contributed by atoms with E-state index in [4.69, 9.17) is 23.2 Å². The van der Waals surface area contributed by atoms with Crippen molar-refractivity contribution in [3.63, 3.8) is 0 Å². The van der Waals surface area contributed by atoms with Crippen LogP contribution in [-0.2, 0) is 0 Å². The molecule has 1 aromatic heterocycles. The van der Waals surface area contributed by atoms with Crippen LogP contribution in [0.15, 0.2) is 12.3 Å². The lowest BCUT2D eigenvalue weighted by Gasteiger charge is -2.31. The van der Waals surface area contributed by atoms with Crippen LogP contribution in [0.3, 0.4) is 0 Å². The summed E-state index contributed by atoms with van der Waals surface area (Å²) in [4.78, 5) is 16.1. The van der Waals surface area contributed by atoms with Crippen molar-refractivity contribution >= 4 is 29.1 Å². The third-order valence-electron chi connectivity index (χ3n) is 3.81. The van der Waals surface area contributed by atoms with Crippen molar-refractivity contribution in [2.75, 3.05) is 0 Å². The molecule has 1 aromatic rings. The van der Waals surface area contributed by atoms with Crippen LogP contribution in [0.2, 0.25) is 10.2 Å². The van der Waals surface area contributed by atoms with Crippen molar-refractivity contribution in [2.45, 2.75) is 45.1 Å². The summed E-state index contributed by atoms with van der Waals surface area (Å²) in [6, 6.07) is 1.83. The molecule has 1 heterocycles. The van der Waals surface area contributed by atoms with E-state index in [9.17, 15) is 4.79 Å². The average molecular weight is 301 g/mol. The fraction of sp³-hybridized carbons (Fsp3) is 0.571.